The fourth-order valence-electron chi connectivity index (χ4n) is 1.23. The van der Waals surface area contributed by atoms with Crippen molar-refractivity contribution in [2.75, 3.05) is 6.61 Å². The van der Waals surface area contributed by atoms with E-state index in [1.54, 1.807) is 0 Å². The number of hydrogen-bond acceptors (Lipinski definition) is 9. The molecule has 0 spiro atoms. The molecule has 9 nitrogen and oxygen atoms in total. The van der Waals surface area contributed by atoms with Crippen molar-refractivity contribution in [2.45, 2.75) is 30.7 Å². The Morgan fingerprint density at radius 1 is 1.12 bits per heavy atom. The Balaban J connectivity index is 0.00000256. The maximum atomic E-state index is 10.1. The molecule has 11 heteroatoms. The number of ether oxygens (including phenoxy) is 1. The molecule has 0 aromatic heterocycles. The quantitative estimate of drug-likeness (QED) is 0.271. The van der Waals surface area contributed by atoms with E-state index in [2.05, 4.69) is 9.26 Å². The molecule has 96 valence electrons. The van der Waals surface area contributed by atoms with Gasteiger partial charge in [-0.15, -0.1) is 0 Å². The van der Waals surface area contributed by atoms with Crippen molar-refractivity contribution >= 4 is 56.7 Å². The van der Waals surface area contributed by atoms with Crippen LogP contribution in [0.25, 0.3) is 0 Å². The Morgan fingerprint density at radius 2 is 1.65 bits per heavy atom. The zero-order valence-corrected chi connectivity index (χ0v) is 13.9. The summed E-state index contributed by atoms with van der Waals surface area (Å²) in [6, 6.07) is 0. The van der Waals surface area contributed by atoms with Crippen LogP contribution < -0.4 is 9.79 Å². The summed E-state index contributed by atoms with van der Waals surface area (Å²) >= 11 is 0. The molecule has 0 saturated carbocycles. The molecule has 1 rings (SSSR count). The van der Waals surface area contributed by atoms with Crippen LogP contribution in [0.2, 0.25) is 0 Å². The molecule has 1 fully saturated rings. The Hall–Kier alpha value is 1.48. The second-order valence-electron chi connectivity index (χ2n) is 3.28. The van der Waals surface area contributed by atoms with Gasteiger partial charge in [-0.05, 0) is 0 Å². The molecule has 1 aliphatic rings. The molecule has 17 heavy (non-hydrogen) atoms. The van der Waals surface area contributed by atoms with Crippen LogP contribution in [0.1, 0.15) is 0 Å². The number of aliphatic hydroxyl groups is 4. The smallest absolute Gasteiger partial charge is 0.790 e. The van der Waals surface area contributed by atoms with Gasteiger partial charge in [-0.2, -0.15) is 0 Å². The molecule has 5 atom stereocenters. The normalized spacial score (nSPS) is 38.6. The van der Waals surface area contributed by atoms with Crippen LogP contribution in [0.15, 0.2) is 0 Å². The Kier molecular flexibility index (Phi) is 7.95. The average molecular weight is 395 g/mol. The second-order valence-corrected chi connectivity index (χ2v) is 4.43. The molecule has 0 radical (unpaired) electrons. The van der Waals surface area contributed by atoms with E-state index in [0.29, 0.717) is 0 Å². The predicted octanol–water partition coefficient (Wildman–Crippen LogP) is -4.75. The molecule has 1 aliphatic heterocycles. The van der Waals surface area contributed by atoms with E-state index in [0.717, 1.165) is 0 Å². The van der Waals surface area contributed by atoms with Gasteiger partial charge in [0.25, 0.3) is 0 Å². The fourth-order valence-corrected chi connectivity index (χ4v) is 1.56. The molecular weight excluding hydrogens is 384 g/mol. The van der Waals surface area contributed by atoms with Crippen LogP contribution in [0.3, 0.4) is 0 Å². The van der Waals surface area contributed by atoms with Crippen LogP contribution in [0.5, 0.6) is 0 Å². The summed E-state index contributed by atoms with van der Waals surface area (Å²) in [7, 11) is -5.23. The largest absolute Gasteiger partial charge is 2.00 e. The molecule has 0 amide bonds. The van der Waals surface area contributed by atoms with Gasteiger partial charge >= 0.3 is 48.9 Å². The summed E-state index contributed by atoms with van der Waals surface area (Å²) in [6.07, 6.45) is -8.35. The maximum Gasteiger partial charge on any atom is 2.00 e. The van der Waals surface area contributed by atoms with Crippen molar-refractivity contribution in [1.82, 2.24) is 0 Å². The number of phosphoric ester groups is 1. The minimum absolute atomic E-state index is 0. The molecular formula is C6H11BaO9P. The third-order valence-corrected chi connectivity index (χ3v) is 2.55. The third kappa shape index (κ3) is 5.55. The summed E-state index contributed by atoms with van der Waals surface area (Å²) in [5.74, 6) is 0. The van der Waals surface area contributed by atoms with Crippen molar-refractivity contribution in [3.8, 4) is 0 Å². The number of phosphoric acid groups is 1. The molecule has 0 bridgehead atoms. The number of hydrogen-bond donors (Lipinski definition) is 4. The van der Waals surface area contributed by atoms with Crippen LogP contribution in [0, 0.1) is 0 Å². The van der Waals surface area contributed by atoms with E-state index in [-0.39, 0.29) is 48.9 Å². The monoisotopic (exact) mass is 396 g/mol. The van der Waals surface area contributed by atoms with E-state index in [1.165, 1.54) is 0 Å². The van der Waals surface area contributed by atoms with E-state index < -0.39 is 45.1 Å². The first-order chi connectivity index (χ1) is 7.22. The molecule has 0 unspecified atom stereocenters. The van der Waals surface area contributed by atoms with Gasteiger partial charge in [0.05, 0.1) is 14.4 Å². The van der Waals surface area contributed by atoms with E-state index in [1.807, 2.05) is 0 Å². The minimum atomic E-state index is -5.23. The predicted molar refractivity (Wildman–Crippen MR) is 48.2 cm³/mol. The zero-order chi connectivity index (χ0) is 12.5. The van der Waals surface area contributed by atoms with Crippen molar-refractivity contribution in [3.63, 3.8) is 0 Å². The van der Waals surface area contributed by atoms with Crippen LogP contribution >= 0.6 is 7.82 Å². The van der Waals surface area contributed by atoms with Gasteiger partial charge in [0.15, 0.2) is 6.29 Å². The maximum absolute atomic E-state index is 10.1. The van der Waals surface area contributed by atoms with E-state index in [9.17, 15) is 24.6 Å². The Bertz CT molecular complexity index is 283. The first-order valence-electron chi connectivity index (χ1n) is 4.26. The average Bonchev–Trinajstić information content (AvgIpc) is 2.17. The van der Waals surface area contributed by atoms with Gasteiger partial charge in [0.2, 0.25) is 0 Å². The molecule has 0 aromatic carbocycles. The van der Waals surface area contributed by atoms with Crippen molar-refractivity contribution in [1.29, 1.82) is 0 Å². The summed E-state index contributed by atoms with van der Waals surface area (Å²) in [6.45, 7) is -0.855. The molecule has 1 heterocycles. The standard InChI is InChI=1S/C6H13O9P.Ba/c7-3-2(1-14-16(11,12)13)15-6(10)5(9)4(3)8;/h2-10H,1H2,(H2,11,12,13);/q;+2/p-2/t2-,3-,4+,5-,6-;/m1./s1. The number of rotatable bonds is 3. The third-order valence-electron chi connectivity index (χ3n) is 2.08. The van der Waals surface area contributed by atoms with Gasteiger partial charge in [-0.1, -0.05) is 0 Å². The van der Waals surface area contributed by atoms with Crippen molar-refractivity contribution in [3.05, 3.63) is 0 Å². The number of aliphatic hydroxyl groups excluding tert-OH is 4. The van der Waals surface area contributed by atoms with Crippen LogP contribution in [0.4, 0.5) is 0 Å². The van der Waals surface area contributed by atoms with Crippen molar-refractivity contribution < 1.29 is 44.0 Å². The first kappa shape index (κ1) is 18.5. The SMILES string of the molecule is O=P([O-])([O-])OC[C@H]1O[C@@H](O)[C@H](O)[C@@H](O)[C@@H]1O.[Ba+2]. The van der Waals surface area contributed by atoms with Crippen LogP contribution in [-0.4, -0.2) is 107 Å². The van der Waals surface area contributed by atoms with Crippen LogP contribution in [-0.2, 0) is 13.8 Å². The Labute approximate surface area is 137 Å². The topological polar surface area (TPSA) is 163 Å². The van der Waals surface area contributed by atoms with Gasteiger partial charge in [0, 0.05) is 0 Å². The van der Waals surface area contributed by atoms with Gasteiger partial charge < -0.3 is 44.0 Å². The first-order valence-corrected chi connectivity index (χ1v) is 5.73. The van der Waals surface area contributed by atoms with Crippen molar-refractivity contribution in [2.24, 2.45) is 0 Å². The molecule has 0 aliphatic carbocycles. The fraction of sp³-hybridized carbons (Fsp3) is 1.00. The summed E-state index contributed by atoms with van der Waals surface area (Å²) in [5, 5.41) is 36.6. The zero-order valence-electron chi connectivity index (χ0n) is 8.58. The van der Waals surface area contributed by atoms with E-state index in [4.69, 9.17) is 10.2 Å². The minimum Gasteiger partial charge on any atom is -0.790 e. The van der Waals surface area contributed by atoms with E-state index >= 15 is 0 Å². The molecule has 4 N–H and O–H groups in total. The van der Waals surface area contributed by atoms with Gasteiger partial charge in [-0.25, -0.2) is 0 Å². The summed E-state index contributed by atoms with van der Waals surface area (Å²) < 4.78 is 18.5. The summed E-state index contributed by atoms with van der Waals surface area (Å²) in [4.78, 5) is 20.3. The Morgan fingerprint density at radius 3 is 2.12 bits per heavy atom. The molecule has 1 saturated heterocycles. The van der Waals surface area contributed by atoms with Gasteiger partial charge in [0.1, 0.15) is 24.4 Å². The molecule has 0 aromatic rings. The van der Waals surface area contributed by atoms with Gasteiger partial charge in [-0.3, -0.25) is 0 Å². The second kappa shape index (κ2) is 7.31. The summed E-state index contributed by atoms with van der Waals surface area (Å²) in [5.41, 5.74) is 0.